The lowest BCUT2D eigenvalue weighted by atomic mass is 10.2. The molecule has 0 aliphatic rings. The third kappa shape index (κ3) is 5.53. The van der Waals surface area contributed by atoms with Gasteiger partial charge in [-0.1, -0.05) is 12.0 Å². The van der Waals surface area contributed by atoms with Crippen molar-refractivity contribution in [3.05, 3.63) is 48.2 Å². The van der Waals surface area contributed by atoms with Crippen LogP contribution in [-0.4, -0.2) is 37.2 Å². The van der Waals surface area contributed by atoms with Crippen LogP contribution >= 0.6 is 0 Å². The second kappa shape index (κ2) is 9.85. The Kier molecular flexibility index (Phi) is 7.52. The predicted molar refractivity (Wildman–Crippen MR) is 101 cm³/mol. The van der Waals surface area contributed by atoms with Crippen molar-refractivity contribution < 1.29 is 23.2 Å². The van der Waals surface area contributed by atoms with Crippen LogP contribution < -0.4 is 15.5 Å². The van der Waals surface area contributed by atoms with E-state index in [9.17, 15) is 13.2 Å². The molecule has 1 aromatic heterocycles. The molecule has 8 nitrogen and oxygen atoms in total. The highest BCUT2D eigenvalue weighted by Gasteiger charge is 2.19. The second-order valence-corrected chi connectivity index (χ2v) is 7.67. The lowest BCUT2D eigenvalue weighted by molar-refractivity contribution is -0.131. The van der Waals surface area contributed by atoms with E-state index in [4.69, 9.17) is 9.94 Å². The summed E-state index contributed by atoms with van der Waals surface area (Å²) in [5.74, 6) is 5.42. The van der Waals surface area contributed by atoms with E-state index in [1.807, 2.05) is 0 Å². The number of benzene rings is 1. The molecule has 28 heavy (non-hydrogen) atoms. The van der Waals surface area contributed by atoms with Crippen molar-refractivity contribution in [3.63, 3.8) is 0 Å². The molecule has 0 aliphatic carbocycles. The van der Waals surface area contributed by atoms with Gasteiger partial charge in [-0.2, -0.15) is 0 Å². The summed E-state index contributed by atoms with van der Waals surface area (Å²) in [4.78, 5) is 15.4. The molecule has 1 heterocycles. The van der Waals surface area contributed by atoms with Crippen LogP contribution in [-0.2, 0) is 21.2 Å². The van der Waals surface area contributed by atoms with E-state index in [1.54, 1.807) is 37.5 Å². The highest BCUT2D eigenvalue weighted by atomic mass is 32.2. The maximum Gasteiger partial charge on any atom is 0.260 e. The number of carbonyl (C=O) groups is 1. The number of nitrogens with one attached hydrogen (secondary N) is 2. The maximum atomic E-state index is 12.7. The largest absolute Gasteiger partial charge is 0.481 e. The number of pyridine rings is 1. The van der Waals surface area contributed by atoms with Gasteiger partial charge in [0.05, 0.1) is 10.9 Å². The molecular formula is C19H21N3O5S. The van der Waals surface area contributed by atoms with Crippen molar-refractivity contribution >= 4 is 15.7 Å². The molecule has 0 aliphatic heterocycles. The topological polar surface area (TPSA) is 118 Å². The van der Waals surface area contributed by atoms with Gasteiger partial charge in [0.2, 0.25) is 9.84 Å². The maximum absolute atomic E-state index is 12.7. The zero-order valence-corrected chi connectivity index (χ0v) is 16.3. The van der Waals surface area contributed by atoms with Crippen molar-refractivity contribution in [2.45, 2.75) is 36.4 Å². The SMILES string of the molecule is CC#CCOc1ccc(S(=O)(=O)c2ccc(CNC(C)C(=O)NO)cn2)cc1. The van der Waals surface area contributed by atoms with Crippen LogP contribution in [0, 0.1) is 11.8 Å². The lowest BCUT2D eigenvalue weighted by Gasteiger charge is -2.11. The first kappa shape index (κ1) is 21.4. The Bertz CT molecular complexity index is 961. The summed E-state index contributed by atoms with van der Waals surface area (Å²) in [5.41, 5.74) is 2.25. The van der Waals surface area contributed by atoms with E-state index in [0.717, 1.165) is 0 Å². The van der Waals surface area contributed by atoms with Crippen molar-refractivity contribution in [1.29, 1.82) is 0 Å². The van der Waals surface area contributed by atoms with Crippen LogP contribution in [0.5, 0.6) is 5.75 Å². The number of sulfone groups is 1. The predicted octanol–water partition coefficient (Wildman–Crippen LogP) is 1.30. The van der Waals surface area contributed by atoms with Crippen molar-refractivity contribution in [2.75, 3.05) is 6.61 Å². The fraction of sp³-hybridized carbons (Fsp3) is 0.263. The molecule has 3 N–H and O–H groups in total. The summed E-state index contributed by atoms with van der Waals surface area (Å²) in [6.07, 6.45) is 1.42. The van der Waals surface area contributed by atoms with E-state index in [1.165, 1.54) is 24.4 Å². The minimum absolute atomic E-state index is 0.0806. The van der Waals surface area contributed by atoms with Gasteiger partial charge in [0.25, 0.3) is 5.91 Å². The van der Waals surface area contributed by atoms with Gasteiger partial charge >= 0.3 is 0 Å². The van der Waals surface area contributed by atoms with Gasteiger partial charge in [-0.25, -0.2) is 18.9 Å². The minimum Gasteiger partial charge on any atom is -0.481 e. The quantitative estimate of drug-likeness (QED) is 0.345. The molecule has 1 aromatic carbocycles. The molecule has 0 radical (unpaired) electrons. The van der Waals surface area contributed by atoms with Crippen molar-refractivity contribution in [3.8, 4) is 17.6 Å². The van der Waals surface area contributed by atoms with E-state index in [0.29, 0.717) is 11.3 Å². The third-order valence-corrected chi connectivity index (χ3v) is 5.50. The summed E-state index contributed by atoms with van der Waals surface area (Å²) in [6.45, 7) is 3.81. The summed E-state index contributed by atoms with van der Waals surface area (Å²) < 4.78 is 30.7. The molecule has 2 rings (SSSR count). The van der Waals surface area contributed by atoms with Crippen LogP contribution in [0.25, 0.3) is 0 Å². The summed E-state index contributed by atoms with van der Waals surface area (Å²) in [5, 5.41) is 11.4. The summed E-state index contributed by atoms with van der Waals surface area (Å²) in [7, 11) is -3.76. The number of rotatable bonds is 8. The number of hydroxylamine groups is 1. The molecule has 0 bridgehead atoms. The van der Waals surface area contributed by atoms with Crippen LogP contribution in [0.15, 0.2) is 52.5 Å². The molecule has 1 unspecified atom stereocenters. The van der Waals surface area contributed by atoms with Crippen molar-refractivity contribution in [2.24, 2.45) is 0 Å². The van der Waals surface area contributed by atoms with E-state index >= 15 is 0 Å². The highest BCUT2D eigenvalue weighted by Crippen LogP contribution is 2.22. The van der Waals surface area contributed by atoms with E-state index < -0.39 is 21.8 Å². The molecule has 0 saturated heterocycles. The minimum atomic E-state index is -3.76. The van der Waals surface area contributed by atoms with Crippen LogP contribution in [0.1, 0.15) is 19.4 Å². The summed E-state index contributed by atoms with van der Waals surface area (Å²) >= 11 is 0. The molecule has 1 amide bonds. The molecule has 2 aromatic rings. The molecule has 0 fully saturated rings. The number of nitrogens with zero attached hydrogens (tertiary/aromatic N) is 1. The van der Waals surface area contributed by atoms with Crippen LogP contribution in [0.2, 0.25) is 0 Å². The van der Waals surface area contributed by atoms with Crippen LogP contribution in [0.4, 0.5) is 0 Å². The smallest absolute Gasteiger partial charge is 0.260 e. The first-order chi connectivity index (χ1) is 13.4. The first-order valence-electron chi connectivity index (χ1n) is 8.38. The molecule has 0 spiro atoms. The number of aromatic nitrogens is 1. The Balaban J connectivity index is 2.06. The monoisotopic (exact) mass is 403 g/mol. The standard InChI is InChI=1S/C19H21N3O5S/c1-3-4-11-27-16-6-8-17(9-7-16)28(25,26)18-10-5-15(13-21-18)12-20-14(2)19(23)22-24/h5-10,13-14,20,24H,11-12H2,1-2H3,(H,22,23). The fourth-order valence-electron chi connectivity index (χ4n) is 2.16. The Hall–Kier alpha value is -2.93. The number of amides is 1. The number of hydrogen-bond acceptors (Lipinski definition) is 7. The molecule has 148 valence electrons. The van der Waals surface area contributed by atoms with E-state index in [-0.39, 0.29) is 23.1 Å². The second-order valence-electron chi connectivity index (χ2n) is 5.77. The number of hydrogen-bond donors (Lipinski definition) is 3. The normalized spacial score (nSPS) is 11.8. The van der Waals surface area contributed by atoms with Gasteiger partial charge in [0, 0.05) is 12.7 Å². The first-order valence-corrected chi connectivity index (χ1v) is 9.86. The average molecular weight is 403 g/mol. The van der Waals surface area contributed by atoms with Gasteiger partial charge in [0.1, 0.15) is 12.4 Å². The third-order valence-electron chi connectivity index (χ3n) is 3.81. The Labute approximate surface area is 163 Å². The molecule has 9 heteroatoms. The summed E-state index contributed by atoms with van der Waals surface area (Å²) in [6, 6.07) is 8.44. The zero-order chi connectivity index (χ0) is 20.6. The lowest BCUT2D eigenvalue weighted by Crippen LogP contribution is -2.40. The van der Waals surface area contributed by atoms with Gasteiger partial charge in [0.15, 0.2) is 5.03 Å². The molecular weight excluding hydrogens is 382 g/mol. The van der Waals surface area contributed by atoms with Gasteiger partial charge in [-0.3, -0.25) is 10.0 Å². The fourth-order valence-corrected chi connectivity index (χ4v) is 3.34. The zero-order valence-electron chi connectivity index (χ0n) is 15.5. The average Bonchev–Trinajstić information content (AvgIpc) is 2.72. The number of carbonyl (C=O) groups excluding carboxylic acids is 1. The molecule has 1 atom stereocenters. The number of ether oxygens (including phenoxy) is 1. The van der Waals surface area contributed by atoms with Crippen molar-refractivity contribution in [1.82, 2.24) is 15.8 Å². The Morgan fingerprint density at radius 2 is 1.96 bits per heavy atom. The highest BCUT2D eigenvalue weighted by molar-refractivity contribution is 7.91. The van der Waals surface area contributed by atoms with Crippen LogP contribution in [0.3, 0.4) is 0 Å². The van der Waals surface area contributed by atoms with Gasteiger partial charge in [-0.15, -0.1) is 5.92 Å². The van der Waals surface area contributed by atoms with Gasteiger partial charge in [-0.05, 0) is 49.7 Å². The molecule has 0 saturated carbocycles. The van der Waals surface area contributed by atoms with Gasteiger partial charge < -0.3 is 10.1 Å². The Morgan fingerprint density at radius 3 is 2.54 bits per heavy atom. The van der Waals surface area contributed by atoms with E-state index in [2.05, 4.69) is 22.1 Å². The Morgan fingerprint density at radius 1 is 1.25 bits per heavy atom.